The Labute approximate surface area is 234 Å². The number of hydrazone groups is 1. The summed E-state index contributed by atoms with van der Waals surface area (Å²) in [4.78, 5) is 25.1. The number of halogens is 3. The fraction of sp³-hybridized carbons (Fsp3) is 0.160. The first-order valence-corrected chi connectivity index (χ1v) is 12.4. The number of esters is 1. The Bertz CT molecular complexity index is 1310. The van der Waals surface area contributed by atoms with Gasteiger partial charge in [0.1, 0.15) is 5.75 Å². The average molecular weight is 657 g/mol. The zero-order valence-electron chi connectivity index (χ0n) is 19.8. The minimum absolute atomic E-state index is 0.165. The lowest BCUT2D eigenvalue weighted by atomic mass is 10.1. The van der Waals surface area contributed by atoms with Crippen molar-refractivity contribution in [1.29, 1.82) is 0 Å². The van der Waals surface area contributed by atoms with Crippen molar-refractivity contribution >= 4 is 61.6 Å². The van der Waals surface area contributed by atoms with Crippen molar-refractivity contribution in [3.8, 4) is 28.7 Å². The summed E-state index contributed by atoms with van der Waals surface area (Å²) in [5.41, 5.74) is 2.93. The van der Waals surface area contributed by atoms with E-state index in [2.05, 4.69) is 42.4 Å². The van der Waals surface area contributed by atoms with E-state index < -0.39 is 11.9 Å². The maximum absolute atomic E-state index is 13.0. The summed E-state index contributed by atoms with van der Waals surface area (Å²) in [5.74, 6) is 0.381. The fourth-order valence-electron chi connectivity index (χ4n) is 3.05. The number of methoxy groups -OCH3 is 3. The summed E-state index contributed by atoms with van der Waals surface area (Å²) in [6.07, 6.45) is 1.34. The third-order valence-electron chi connectivity index (χ3n) is 4.69. The van der Waals surface area contributed by atoms with Gasteiger partial charge in [0, 0.05) is 15.1 Å². The number of ether oxygens (including phenoxy) is 5. The van der Waals surface area contributed by atoms with Crippen LogP contribution >= 0.6 is 43.5 Å². The molecule has 3 rings (SSSR count). The first kappa shape index (κ1) is 28.3. The van der Waals surface area contributed by atoms with Crippen molar-refractivity contribution in [2.45, 2.75) is 0 Å². The van der Waals surface area contributed by atoms with Gasteiger partial charge in [-0.2, -0.15) is 5.10 Å². The van der Waals surface area contributed by atoms with Gasteiger partial charge in [-0.15, -0.1) is 0 Å². The van der Waals surface area contributed by atoms with E-state index in [0.29, 0.717) is 42.5 Å². The molecule has 0 radical (unpaired) electrons. The van der Waals surface area contributed by atoms with Gasteiger partial charge < -0.3 is 23.7 Å². The lowest BCUT2D eigenvalue weighted by Gasteiger charge is -2.15. The molecule has 1 amide bonds. The standard InChI is InChI=1S/C25H21Br2ClN2O7/c1-33-20-8-14(9-21(34-2)24(20)35-3)25(32)37-23-15(7-16(26)10-19(23)27)12-29-30-22(31)13-36-18-6-4-5-17(28)11-18/h4-12H,13H2,1-3H3,(H,30,31)/b29-12+. The third kappa shape index (κ3) is 7.61. The molecule has 9 nitrogen and oxygen atoms in total. The van der Waals surface area contributed by atoms with Crippen LogP contribution in [0.3, 0.4) is 0 Å². The van der Waals surface area contributed by atoms with E-state index in [1.165, 1.54) is 39.7 Å². The highest BCUT2D eigenvalue weighted by atomic mass is 79.9. The van der Waals surface area contributed by atoms with Crippen LogP contribution in [0, 0.1) is 0 Å². The van der Waals surface area contributed by atoms with Crippen molar-refractivity contribution in [1.82, 2.24) is 5.43 Å². The lowest BCUT2D eigenvalue weighted by Crippen LogP contribution is -2.24. The molecule has 0 aliphatic heterocycles. The predicted octanol–water partition coefficient (Wildman–Crippen LogP) is 5.64. The molecule has 0 fully saturated rings. The molecular formula is C25H21Br2ClN2O7. The van der Waals surface area contributed by atoms with Crippen LogP contribution in [0.5, 0.6) is 28.7 Å². The average Bonchev–Trinajstić information content (AvgIpc) is 2.88. The van der Waals surface area contributed by atoms with Crippen LogP contribution < -0.4 is 29.1 Å². The predicted molar refractivity (Wildman–Crippen MR) is 146 cm³/mol. The van der Waals surface area contributed by atoms with Crippen LogP contribution in [0.2, 0.25) is 5.02 Å². The number of hydrogen-bond donors (Lipinski definition) is 1. The molecule has 3 aromatic carbocycles. The van der Waals surface area contributed by atoms with Gasteiger partial charge in [0.2, 0.25) is 5.75 Å². The summed E-state index contributed by atoms with van der Waals surface area (Å²) in [7, 11) is 4.35. The normalized spacial score (nSPS) is 10.6. The quantitative estimate of drug-likeness (QED) is 0.130. The first-order chi connectivity index (χ1) is 17.7. The van der Waals surface area contributed by atoms with Crippen LogP contribution in [0.15, 0.2) is 62.6 Å². The molecule has 0 unspecified atom stereocenters. The van der Waals surface area contributed by atoms with Gasteiger partial charge in [0.15, 0.2) is 23.9 Å². The zero-order chi connectivity index (χ0) is 26.9. The van der Waals surface area contributed by atoms with Crippen molar-refractivity contribution in [2.24, 2.45) is 5.10 Å². The Morgan fingerprint density at radius 3 is 2.30 bits per heavy atom. The van der Waals surface area contributed by atoms with Crippen molar-refractivity contribution in [3.05, 3.63) is 73.6 Å². The molecule has 1 N–H and O–H groups in total. The van der Waals surface area contributed by atoms with Crippen molar-refractivity contribution in [2.75, 3.05) is 27.9 Å². The number of rotatable bonds is 10. The van der Waals surface area contributed by atoms with E-state index in [1.54, 1.807) is 36.4 Å². The number of carbonyl (C=O) groups excluding carboxylic acids is 2. The summed E-state index contributed by atoms with van der Waals surface area (Å²) >= 11 is 12.7. The van der Waals surface area contributed by atoms with Gasteiger partial charge in [0.05, 0.1) is 37.6 Å². The Kier molecular flexibility index (Phi) is 10.2. The number of nitrogens with zero attached hydrogens (tertiary/aromatic N) is 1. The summed E-state index contributed by atoms with van der Waals surface area (Å²) < 4.78 is 28.1. The Morgan fingerprint density at radius 1 is 0.973 bits per heavy atom. The van der Waals surface area contributed by atoms with Crippen molar-refractivity contribution < 1.29 is 33.3 Å². The van der Waals surface area contributed by atoms with E-state index in [-0.39, 0.29) is 17.9 Å². The van der Waals surface area contributed by atoms with Crippen LogP contribution in [0.4, 0.5) is 0 Å². The topological polar surface area (TPSA) is 105 Å². The van der Waals surface area contributed by atoms with Crippen LogP contribution in [-0.2, 0) is 4.79 Å². The minimum Gasteiger partial charge on any atom is -0.493 e. The van der Waals surface area contributed by atoms with E-state index in [4.69, 9.17) is 35.3 Å². The highest BCUT2D eigenvalue weighted by Gasteiger charge is 2.20. The second-order valence-corrected chi connectivity index (χ2v) is 9.36. The van der Waals surface area contributed by atoms with E-state index in [0.717, 1.165) is 0 Å². The Hall–Kier alpha value is -3.28. The minimum atomic E-state index is -0.684. The zero-order valence-corrected chi connectivity index (χ0v) is 23.8. The fourth-order valence-corrected chi connectivity index (χ4v) is 4.57. The molecule has 0 atom stereocenters. The highest BCUT2D eigenvalue weighted by Crippen LogP contribution is 2.39. The molecule has 194 valence electrons. The van der Waals surface area contributed by atoms with Gasteiger partial charge in [-0.25, -0.2) is 10.2 Å². The van der Waals surface area contributed by atoms with Crippen LogP contribution in [0.25, 0.3) is 0 Å². The molecule has 0 bridgehead atoms. The number of benzene rings is 3. The number of amides is 1. The van der Waals surface area contributed by atoms with E-state index >= 15 is 0 Å². The molecule has 0 spiro atoms. The third-order valence-corrected chi connectivity index (χ3v) is 5.97. The second-order valence-electron chi connectivity index (χ2n) is 7.15. The monoisotopic (exact) mass is 654 g/mol. The van der Waals surface area contributed by atoms with Crippen LogP contribution in [0.1, 0.15) is 15.9 Å². The highest BCUT2D eigenvalue weighted by molar-refractivity contribution is 9.11. The maximum Gasteiger partial charge on any atom is 0.343 e. The molecule has 0 saturated carbocycles. The largest absolute Gasteiger partial charge is 0.493 e. The Balaban J connectivity index is 1.76. The second kappa shape index (κ2) is 13.3. The molecule has 0 heterocycles. The van der Waals surface area contributed by atoms with Crippen LogP contribution in [-0.4, -0.2) is 46.0 Å². The number of hydrogen-bond acceptors (Lipinski definition) is 8. The molecule has 0 aliphatic carbocycles. The Morgan fingerprint density at radius 2 is 1.68 bits per heavy atom. The number of nitrogens with one attached hydrogen (secondary N) is 1. The van der Waals surface area contributed by atoms with Gasteiger partial charge in [-0.3, -0.25) is 4.79 Å². The maximum atomic E-state index is 13.0. The van der Waals surface area contributed by atoms with Gasteiger partial charge >= 0.3 is 5.97 Å². The molecule has 3 aromatic rings. The number of carbonyl (C=O) groups is 2. The van der Waals surface area contributed by atoms with Gasteiger partial charge in [-0.05, 0) is 58.4 Å². The lowest BCUT2D eigenvalue weighted by molar-refractivity contribution is -0.123. The van der Waals surface area contributed by atoms with Crippen molar-refractivity contribution in [3.63, 3.8) is 0 Å². The summed E-state index contributed by atoms with van der Waals surface area (Å²) in [6, 6.07) is 13.0. The SMILES string of the molecule is COc1cc(C(=O)Oc2c(Br)cc(Br)cc2/C=N/NC(=O)COc2cccc(Cl)c2)cc(OC)c1OC. The summed E-state index contributed by atoms with van der Waals surface area (Å²) in [5, 5.41) is 4.44. The van der Waals surface area contributed by atoms with E-state index in [1.807, 2.05) is 0 Å². The van der Waals surface area contributed by atoms with E-state index in [9.17, 15) is 9.59 Å². The smallest absolute Gasteiger partial charge is 0.343 e. The molecular weight excluding hydrogens is 636 g/mol. The van der Waals surface area contributed by atoms with Gasteiger partial charge in [0.25, 0.3) is 5.91 Å². The van der Waals surface area contributed by atoms with Gasteiger partial charge in [-0.1, -0.05) is 33.6 Å². The summed E-state index contributed by atoms with van der Waals surface area (Å²) in [6.45, 7) is -0.275. The molecule has 0 saturated heterocycles. The molecule has 0 aliphatic rings. The molecule has 37 heavy (non-hydrogen) atoms. The first-order valence-electron chi connectivity index (χ1n) is 10.5. The molecule has 0 aromatic heterocycles. The molecule has 12 heteroatoms.